The molecule has 1 aromatic heterocycles. The molecular formula is C20H27N5O2. The highest BCUT2D eigenvalue weighted by atomic mass is 16.2. The topological polar surface area (TPSA) is 82.2 Å². The van der Waals surface area contributed by atoms with Gasteiger partial charge in [-0.25, -0.2) is 4.98 Å². The lowest BCUT2D eigenvalue weighted by Crippen LogP contribution is -2.38. The Morgan fingerprint density at radius 1 is 1.07 bits per heavy atom. The van der Waals surface area contributed by atoms with E-state index in [1.54, 1.807) is 0 Å². The van der Waals surface area contributed by atoms with Crippen LogP contribution in [-0.2, 0) is 11.2 Å². The Bertz CT molecular complexity index is 797. The molecule has 2 amide bonds. The summed E-state index contributed by atoms with van der Waals surface area (Å²) in [5, 5.41) is 7.11. The Morgan fingerprint density at radius 2 is 1.74 bits per heavy atom. The molecule has 0 spiro atoms. The smallest absolute Gasteiger partial charge is 0.253 e. The van der Waals surface area contributed by atoms with Gasteiger partial charge in [-0.2, -0.15) is 5.10 Å². The van der Waals surface area contributed by atoms with Crippen LogP contribution in [0.4, 0.5) is 0 Å². The van der Waals surface area contributed by atoms with Crippen LogP contribution in [-0.4, -0.2) is 63.0 Å². The van der Waals surface area contributed by atoms with Crippen molar-refractivity contribution in [2.24, 2.45) is 5.92 Å². The second-order valence-corrected chi connectivity index (χ2v) is 7.16. The van der Waals surface area contributed by atoms with Gasteiger partial charge in [-0.05, 0) is 18.6 Å². The maximum Gasteiger partial charge on any atom is 0.253 e. The average molecular weight is 369 g/mol. The molecule has 1 aliphatic rings. The predicted octanol–water partition coefficient (Wildman–Crippen LogP) is 2.36. The number of carbonyl (C=O) groups is 2. The first kappa shape index (κ1) is 19.1. The molecule has 1 fully saturated rings. The number of hydrogen-bond donors (Lipinski definition) is 1. The molecule has 0 bridgehead atoms. The van der Waals surface area contributed by atoms with E-state index in [1.807, 2.05) is 54.8 Å². The minimum absolute atomic E-state index is 0.00429. The van der Waals surface area contributed by atoms with Crippen molar-refractivity contribution in [2.45, 2.75) is 33.6 Å². The van der Waals surface area contributed by atoms with Gasteiger partial charge in [0.05, 0.1) is 0 Å². The van der Waals surface area contributed by atoms with Gasteiger partial charge in [0.15, 0.2) is 5.82 Å². The minimum Gasteiger partial charge on any atom is -0.341 e. The fourth-order valence-electron chi connectivity index (χ4n) is 3.23. The van der Waals surface area contributed by atoms with Gasteiger partial charge in [-0.1, -0.05) is 32.9 Å². The van der Waals surface area contributed by atoms with Gasteiger partial charge >= 0.3 is 0 Å². The Morgan fingerprint density at radius 3 is 2.37 bits per heavy atom. The largest absolute Gasteiger partial charge is 0.341 e. The summed E-state index contributed by atoms with van der Waals surface area (Å²) in [6.45, 7) is 8.39. The maximum absolute atomic E-state index is 12.8. The van der Waals surface area contributed by atoms with E-state index in [-0.39, 0.29) is 17.7 Å². The van der Waals surface area contributed by atoms with Gasteiger partial charge in [0, 0.05) is 49.6 Å². The van der Waals surface area contributed by atoms with E-state index in [2.05, 4.69) is 15.2 Å². The lowest BCUT2D eigenvalue weighted by Gasteiger charge is -2.23. The van der Waals surface area contributed by atoms with E-state index >= 15 is 0 Å². The number of hydrogen-bond acceptors (Lipinski definition) is 4. The standard InChI is InChI=1S/C20H27N5O2/c1-4-17-21-18(23-22-17)15-6-8-16(9-7-15)20(27)25-11-5-10-24(12-13-25)19(26)14(2)3/h6-9,14H,4-5,10-13H2,1-3H3,(H,21,22,23). The third-order valence-corrected chi connectivity index (χ3v) is 4.85. The Kier molecular flexibility index (Phi) is 5.88. The van der Waals surface area contributed by atoms with Crippen molar-refractivity contribution in [1.29, 1.82) is 0 Å². The summed E-state index contributed by atoms with van der Waals surface area (Å²) in [6.07, 6.45) is 1.61. The van der Waals surface area contributed by atoms with Gasteiger partial charge in [-0.15, -0.1) is 0 Å². The molecule has 1 aromatic carbocycles. The van der Waals surface area contributed by atoms with E-state index in [4.69, 9.17) is 0 Å². The summed E-state index contributed by atoms with van der Waals surface area (Å²) in [4.78, 5) is 33.2. The van der Waals surface area contributed by atoms with Crippen molar-refractivity contribution in [3.63, 3.8) is 0 Å². The number of carbonyl (C=O) groups excluding carboxylic acids is 2. The SMILES string of the molecule is CCc1nc(-c2ccc(C(=O)N3CCCN(C(=O)C(C)C)CC3)cc2)n[nH]1. The molecule has 0 aliphatic carbocycles. The van der Waals surface area contributed by atoms with Gasteiger partial charge < -0.3 is 9.80 Å². The number of nitrogens with zero attached hydrogens (tertiary/aromatic N) is 4. The number of aromatic amines is 1. The zero-order valence-corrected chi connectivity index (χ0v) is 16.2. The van der Waals surface area contributed by atoms with Crippen LogP contribution < -0.4 is 0 Å². The van der Waals surface area contributed by atoms with Gasteiger partial charge in [0.2, 0.25) is 5.91 Å². The minimum atomic E-state index is -0.0105. The van der Waals surface area contributed by atoms with Crippen LogP contribution >= 0.6 is 0 Å². The molecule has 1 aliphatic heterocycles. The van der Waals surface area contributed by atoms with Crippen LogP contribution in [0.2, 0.25) is 0 Å². The summed E-state index contributed by atoms with van der Waals surface area (Å²) in [6, 6.07) is 7.40. The molecule has 2 heterocycles. The maximum atomic E-state index is 12.8. The highest BCUT2D eigenvalue weighted by molar-refractivity contribution is 5.94. The highest BCUT2D eigenvalue weighted by Gasteiger charge is 2.24. The van der Waals surface area contributed by atoms with Crippen LogP contribution in [0.25, 0.3) is 11.4 Å². The molecule has 0 atom stereocenters. The van der Waals surface area contributed by atoms with Gasteiger partial charge in [-0.3, -0.25) is 14.7 Å². The zero-order chi connectivity index (χ0) is 19.4. The molecule has 144 valence electrons. The monoisotopic (exact) mass is 369 g/mol. The molecule has 0 unspecified atom stereocenters. The molecule has 0 radical (unpaired) electrons. The molecule has 2 aromatic rings. The number of aromatic nitrogens is 3. The summed E-state index contributed by atoms with van der Waals surface area (Å²) >= 11 is 0. The number of nitrogens with one attached hydrogen (secondary N) is 1. The second-order valence-electron chi connectivity index (χ2n) is 7.16. The number of benzene rings is 1. The molecule has 1 N–H and O–H groups in total. The molecule has 7 nitrogen and oxygen atoms in total. The zero-order valence-electron chi connectivity index (χ0n) is 16.2. The lowest BCUT2D eigenvalue weighted by molar-refractivity contribution is -0.134. The fourth-order valence-corrected chi connectivity index (χ4v) is 3.23. The first-order valence-electron chi connectivity index (χ1n) is 9.59. The predicted molar refractivity (Wildman–Crippen MR) is 103 cm³/mol. The normalized spacial score (nSPS) is 15.1. The van der Waals surface area contributed by atoms with Gasteiger partial charge in [0.1, 0.15) is 5.82 Å². The van der Waals surface area contributed by atoms with Crippen LogP contribution in [0, 0.1) is 5.92 Å². The third kappa shape index (κ3) is 4.35. The van der Waals surface area contributed by atoms with Crippen molar-refractivity contribution in [3.05, 3.63) is 35.7 Å². The first-order chi connectivity index (χ1) is 13.0. The number of amides is 2. The first-order valence-corrected chi connectivity index (χ1v) is 9.59. The second kappa shape index (κ2) is 8.33. The third-order valence-electron chi connectivity index (χ3n) is 4.85. The molecule has 0 saturated carbocycles. The van der Waals surface area contributed by atoms with Crippen LogP contribution in [0.1, 0.15) is 43.4 Å². The summed E-state index contributed by atoms with van der Waals surface area (Å²) in [7, 11) is 0. The molecule has 27 heavy (non-hydrogen) atoms. The quantitative estimate of drug-likeness (QED) is 0.897. The number of aryl methyl sites for hydroxylation is 1. The van der Waals surface area contributed by atoms with Crippen LogP contribution in [0.3, 0.4) is 0 Å². The molecule has 7 heteroatoms. The molecule has 1 saturated heterocycles. The summed E-state index contributed by atoms with van der Waals surface area (Å²) < 4.78 is 0. The van der Waals surface area contributed by atoms with E-state index < -0.39 is 0 Å². The Balaban J connectivity index is 1.66. The highest BCUT2D eigenvalue weighted by Crippen LogP contribution is 2.17. The van der Waals surface area contributed by atoms with Crippen LogP contribution in [0.5, 0.6) is 0 Å². The summed E-state index contributed by atoms with van der Waals surface area (Å²) in [5.41, 5.74) is 1.53. The van der Waals surface area contributed by atoms with E-state index in [0.29, 0.717) is 37.6 Å². The number of rotatable bonds is 4. The van der Waals surface area contributed by atoms with Crippen LogP contribution in [0.15, 0.2) is 24.3 Å². The summed E-state index contributed by atoms with van der Waals surface area (Å²) in [5.74, 6) is 1.64. The van der Waals surface area contributed by atoms with E-state index in [9.17, 15) is 9.59 Å². The Labute approximate surface area is 159 Å². The molecular weight excluding hydrogens is 342 g/mol. The Hall–Kier alpha value is -2.70. The molecule has 3 rings (SSSR count). The fraction of sp³-hybridized carbons (Fsp3) is 0.500. The van der Waals surface area contributed by atoms with E-state index in [1.165, 1.54) is 0 Å². The van der Waals surface area contributed by atoms with Crippen molar-refractivity contribution in [3.8, 4) is 11.4 Å². The van der Waals surface area contributed by atoms with Crippen molar-refractivity contribution in [2.75, 3.05) is 26.2 Å². The number of H-pyrrole nitrogens is 1. The average Bonchev–Trinajstić information content (AvgIpc) is 3.04. The lowest BCUT2D eigenvalue weighted by atomic mass is 10.1. The van der Waals surface area contributed by atoms with Crippen molar-refractivity contribution >= 4 is 11.8 Å². The van der Waals surface area contributed by atoms with Crippen molar-refractivity contribution in [1.82, 2.24) is 25.0 Å². The van der Waals surface area contributed by atoms with Crippen molar-refractivity contribution < 1.29 is 9.59 Å². The van der Waals surface area contributed by atoms with E-state index in [0.717, 1.165) is 24.2 Å². The van der Waals surface area contributed by atoms with Gasteiger partial charge in [0.25, 0.3) is 5.91 Å².